The molecule has 0 unspecified atom stereocenters. The predicted molar refractivity (Wildman–Crippen MR) is 95.3 cm³/mol. The van der Waals surface area contributed by atoms with Crippen LogP contribution in [0.25, 0.3) is 0 Å². The lowest BCUT2D eigenvalue weighted by Crippen LogP contribution is -2.49. The first-order valence-electron chi connectivity index (χ1n) is 8.24. The van der Waals surface area contributed by atoms with E-state index in [1.165, 1.54) is 12.1 Å². The molecule has 1 amide bonds. The topological polar surface area (TPSA) is 73.2 Å². The standard InChI is InChI=1S/C19H22N2O4/c1-25-16-5-3-15(4-6-16)20-8-10-21(11-9-20)19(24)13-14-2-7-17(22)18(23)12-14/h2-7,12,22-23H,8-11,13H2,1H3. The van der Waals surface area contributed by atoms with Gasteiger partial charge in [-0.2, -0.15) is 0 Å². The van der Waals surface area contributed by atoms with E-state index in [1.807, 2.05) is 29.2 Å². The van der Waals surface area contributed by atoms with E-state index in [2.05, 4.69) is 4.90 Å². The second-order valence-corrected chi connectivity index (χ2v) is 6.07. The number of phenolic OH excluding ortho intramolecular Hbond substituents is 2. The zero-order valence-corrected chi connectivity index (χ0v) is 14.2. The molecule has 3 rings (SSSR count). The minimum atomic E-state index is -0.199. The molecule has 1 saturated heterocycles. The van der Waals surface area contributed by atoms with Gasteiger partial charge in [0, 0.05) is 31.9 Å². The molecule has 0 saturated carbocycles. The summed E-state index contributed by atoms with van der Waals surface area (Å²) in [6.45, 7) is 2.88. The van der Waals surface area contributed by atoms with Gasteiger partial charge in [-0.25, -0.2) is 0 Å². The van der Waals surface area contributed by atoms with E-state index in [1.54, 1.807) is 13.2 Å². The quantitative estimate of drug-likeness (QED) is 0.832. The Labute approximate surface area is 146 Å². The number of methoxy groups -OCH3 is 1. The van der Waals surface area contributed by atoms with Gasteiger partial charge in [-0.1, -0.05) is 6.07 Å². The van der Waals surface area contributed by atoms with Crippen LogP contribution in [0, 0.1) is 0 Å². The molecule has 2 N–H and O–H groups in total. The van der Waals surface area contributed by atoms with Crippen LogP contribution in [-0.2, 0) is 11.2 Å². The fraction of sp³-hybridized carbons (Fsp3) is 0.316. The highest BCUT2D eigenvalue weighted by Crippen LogP contribution is 2.25. The lowest BCUT2D eigenvalue weighted by atomic mass is 10.1. The van der Waals surface area contributed by atoms with Gasteiger partial charge in [0.05, 0.1) is 13.5 Å². The summed E-state index contributed by atoms with van der Waals surface area (Å²) in [5.74, 6) is 0.480. The van der Waals surface area contributed by atoms with Crippen molar-refractivity contribution in [1.82, 2.24) is 4.90 Å². The molecule has 1 heterocycles. The van der Waals surface area contributed by atoms with Gasteiger partial charge in [0.15, 0.2) is 11.5 Å². The number of benzene rings is 2. The van der Waals surface area contributed by atoms with Crippen molar-refractivity contribution in [3.63, 3.8) is 0 Å². The van der Waals surface area contributed by atoms with Crippen molar-refractivity contribution in [1.29, 1.82) is 0 Å². The Morgan fingerprint density at radius 1 is 1.00 bits per heavy atom. The van der Waals surface area contributed by atoms with Crippen LogP contribution in [0.1, 0.15) is 5.56 Å². The third kappa shape index (κ3) is 3.96. The molecular formula is C19H22N2O4. The van der Waals surface area contributed by atoms with Gasteiger partial charge < -0.3 is 24.7 Å². The Kier molecular flexibility index (Phi) is 4.97. The second kappa shape index (κ2) is 7.34. The maximum atomic E-state index is 12.4. The number of anilines is 1. The molecular weight excluding hydrogens is 320 g/mol. The largest absolute Gasteiger partial charge is 0.504 e. The van der Waals surface area contributed by atoms with Gasteiger partial charge in [0.1, 0.15) is 5.75 Å². The predicted octanol–water partition coefficient (Wildman–Crippen LogP) is 2.00. The molecule has 0 bridgehead atoms. The maximum Gasteiger partial charge on any atom is 0.227 e. The molecule has 0 spiro atoms. The van der Waals surface area contributed by atoms with Gasteiger partial charge >= 0.3 is 0 Å². The molecule has 0 radical (unpaired) electrons. The van der Waals surface area contributed by atoms with Crippen LogP contribution in [0.15, 0.2) is 42.5 Å². The summed E-state index contributed by atoms with van der Waals surface area (Å²) in [4.78, 5) is 16.5. The van der Waals surface area contributed by atoms with Crippen molar-refractivity contribution < 1.29 is 19.7 Å². The number of aromatic hydroxyl groups is 2. The fourth-order valence-electron chi connectivity index (χ4n) is 2.97. The molecule has 132 valence electrons. The number of phenols is 2. The van der Waals surface area contributed by atoms with E-state index in [0.29, 0.717) is 18.7 Å². The number of ether oxygens (including phenoxy) is 1. The van der Waals surface area contributed by atoms with Crippen molar-refractivity contribution in [3.05, 3.63) is 48.0 Å². The van der Waals surface area contributed by atoms with Crippen molar-refractivity contribution in [2.24, 2.45) is 0 Å². The van der Waals surface area contributed by atoms with Gasteiger partial charge in [-0.15, -0.1) is 0 Å². The highest BCUT2D eigenvalue weighted by atomic mass is 16.5. The highest BCUT2D eigenvalue weighted by Gasteiger charge is 2.21. The minimum Gasteiger partial charge on any atom is -0.504 e. The van der Waals surface area contributed by atoms with E-state index in [-0.39, 0.29) is 23.8 Å². The van der Waals surface area contributed by atoms with Crippen LogP contribution in [0.5, 0.6) is 17.2 Å². The molecule has 1 aliphatic heterocycles. The molecule has 2 aromatic carbocycles. The molecule has 0 aromatic heterocycles. The van der Waals surface area contributed by atoms with E-state index in [0.717, 1.165) is 24.5 Å². The van der Waals surface area contributed by atoms with Gasteiger partial charge in [0.25, 0.3) is 0 Å². The summed E-state index contributed by atoms with van der Waals surface area (Å²) in [5.41, 5.74) is 1.81. The Morgan fingerprint density at radius 3 is 2.28 bits per heavy atom. The molecule has 1 aliphatic rings. The minimum absolute atomic E-state index is 0.0273. The monoisotopic (exact) mass is 342 g/mol. The van der Waals surface area contributed by atoms with Gasteiger partial charge in [-0.3, -0.25) is 4.79 Å². The van der Waals surface area contributed by atoms with E-state index < -0.39 is 0 Å². The third-order valence-corrected chi connectivity index (χ3v) is 4.47. The SMILES string of the molecule is COc1ccc(N2CCN(C(=O)Cc3ccc(O)c(O)c3)CC2)cc1. The molecule has 0 atom stereocenters. The number of piperazine rings is 1. The Bertz CT molecular complexity index is 738. The fourth-order valence-corrected chi connectivity index (χ4v) is 2.97. The van der Waals surface area contributed by atoms with Crippen LogP contribution < -0.4 is 9.64 Å². The zero-order valence-electron chi connectivity index (χ0n) is 14.2. The normalized spacial score (nSPS) is 14.4. The number of carbonyl (C=O) groups excluding carboxylic acids is 1. The first kappa shape index (κ1) is 17.0. The number of rotatable bonds is 4. The van der Waals surface area contributed by atoms with Crippen LogP contribution >= 0.6 is 0 Å². The number of nitrogens with zero attached hydrogens (tertiary/aromatic N) is 2. The Balaban J connectivity index is 1.55. The maximum absolute atomic E-state index is 12.4. The van der Waals surface area contributed by atoms with Crippen molar-refractivity contribution in [2.75, 3.05) is 38.2 Å². The summed E-state index contributed by atoms with van der Waals surface area (Å²) >= 11 is 0. The van der Waals surface area contributed by atoms with Gasteiger partial charge in [-0.05, 0) is 42.0 Å². The van der Waals surface area contributed by atoms with Crippen molar-refractivity contribution >= 4 is 11.6 Å². The molecule has 2 aromatic rings. The zero-order chi connectivity index (χ0) is 17.8. The summed E-state index contributed by atoms with van der Waals surface area (Å²) in [6, 6.07) is 12.4. The van der Waals surface area contributed by atoms with Crippen LogP contribution in [0.4, 0.5) is 5.69 Å². The molecule has 25 heavy (non-hydrogen) atoms. The molecule has 6 heteroatoms. The second-order valence-electron chi connectivity index (χ2n) is 6.07. The Morgan fingerprint density at radius 2 is 1.68 bits per heavy atom. The molecule has 1 fully saturated rings. The summed E-state index contributed by atoms with van der Waals surface area (Å²) in [5, 5.41) is 18.9. The average Bonchev–Trinajstić information content (AvgIpc) is 2.65. The number of hydrogen-bond donors (Lipinski definition) is 2. The number of amides is 1. The average molecular weight is 342 g/mol. The van der Waals surface area contributed by atoms with E-state index in [4.69, 9.17) is 4.74 Å². The summed E-state index contributed by atoms with van der Waals surface area (Å²) in [7, 11) is 1.65. The lowest BCUT2D eigenvalue weighted by Gasteiger charge is -2.36. The lowest BCUT2D eigenvalue weighted by molar-refractivity contribution is -0.130. The first-order valence-corrected chi connectivity index (χ1v) is 8.24. The summed E-state index contributed by atoms with van der Waals surface area (Å²) < 4.78 is 5.17. The number of hydrogen-bond acceptors (Lipinski definition) is 5. The highest BCUT2D eigenvalue weighted by molar-refractivity contribution is 5.79. The van der Waals surface area contributed by atoms with Crippen molar-refractivity contribution in [2.45, 2.75) is 6.42 Å². The molecule has 6 nitrogen and oxygen atoms in total. The smallest absolute Gasteiger partial charge is 0.227 e. The molecule has 0 aliphatic carbocycles. The first-order chi connectivity index (χ1) is 12.1. The van der Waals surface area contributed by atoms with E-state index >= 15 is 0 Å². The third-order valence-electron chi connectivity index (χ3n) is 4.47. The van der Waals surface area contributed by atoms with Gasteiger partial charge in [0.2, 0.25) is 5.91 Å². The van der Waals surface area contributed by atoms with E-state index in [9.17, 15) is 15.0 Å². The summed E-state index contributed by atoms with van der Waals surface area (Å²) in [6.07, 6.45) is 0.219. The van der Waals surface area contributed by atoms with Crippen molar-refractivity contribution in [3.8, 4) is 17.2 Å². The van der Waals surface area contributed by atoms with Crippen LogP contribution in [0.2, 0.25) is 0 Å². The van der Waals surface area contributed by atoms with Crippen LogP contribution in [0.3, 0.4) is 0 Å². The van der Waals surface area contributed by atoms with Crippen LogP contribution in [-0.4, -0.2) is 54.3 Å². The number of carbonyl (C=O) groups is 1. The Hall–Kier alpha value is -2.89.